The second-order valence-electron chi connectivity index (χ2n) is 3.45. The summed E-state index contributed by atoms with van der Waals surface area (Å²) in [5.41, 5.74) is 0. The Morgan fingerprint density at radius 2 is 1.53 bits per heavy atom. The molecule has 0 saturated heterocycles. The van der Waals surface area contributed by atoms with Crippen LogP contribution in [0.3, 0.4) is 0 Å². The summed E-state index contributed by atoms with van der Waals surface area (Å²) in [7, 11) is 1.47. The SMILES string of the molecule is CCCCOC(=O)COC.CCOCC(=O)OCC. The van der Waals surface area contributed by atoms with E-state index in [0.717, 1.165) is 12.8 Å². The molecule has 19 heavy (non-hydrogen) atoms. The molecule has 0 spiro atoms. The van der Waals surface area contributed by atoms with Crippen molar-refractivity contribution in [1.29, 1.82) is 0 Å². The molecule has 114 valence electrons. The lowest BCUT2D eigenvalue weighted by molar-refractivity contribution is -0.148. The number of methoxy groups -OCH3 is 1. The van der Waals surface area contributed by atoms with Crippen molar-refractivity contribution in [3.63, 3.8) is 0 Å². The van der Waals surface area contributed by atoms with Gasteiger partial charge in [-0.3, -0.25) is 0 Å². The lowest BCUT2D eigenvalue weighted by Crippen LogP contribution is -2.11. The maximum absolute atomic E-state index is 10.6. The molecule has 0 aliphatic rings. The number of rotatable bonds is 9. The van der Waals surface area contributed by atoms with Gasteiger partial charge in [0.05, 0.1) is 13.2 Å². The fraction of sp³-hybridized carbons (Fsp3) is 0.846. The molecule has 0 N–H and O–H groups in total. The van der Waals surface area contributed by atoms with Gasteiger partial charge >= 0.3 is 11.9 Å². The zero-order chi connectivity index (χ0) is 14.9. The molecular weight excluding hydrogens is 252 g/mol. The van der Waals surface area contributed by atoms with Gasteiger partial charge in [-0.15, -0.1) is 0 Å². The average Bonchev–Trinajstić information content (AvgIpc) is 2.38. The van der Waals surface area contributed by atoms with Crippen LogP contribution in [0.5, 0.6) is 0 Å². The normalized spacial score (nSPS) is 9.26. The third-order valence-corrected chi connectivity index (χ3v) is 1.75. The summed E-state index contributed by atoms with van der Waals surface area (Å²) in [6.07, 6.45) is 1.97. The van der Waals surface area contributed by atoms with Crippen molar-refractivity contribution < 1.29 is 28.5 Å². The van der Waals surface area contributed by atoms with Gasteiger partial charge in [-0.2, -0.15) is 0 Å². The maximum Gasteiger partial charge on any atom is 0.332 e. The third kappa shape index (κ3) is 19.4. The van der Waals surface area contributed by atoms with Crippen molar-refractivity contribution in [3.8, 4) is 0 Å². The van der Waals surface area contributed by atoms with Gasteiger partial charge in [0.2, 0.25) is 0 Å². The van der Waals surface area contributed by atoms with E-state index in [1.165, 1.54) is 7.11 Å². The average molecular weight is 278 g/mol. The molecule has 0 radical (unpaired) electrons. The summed E-state index contributed by atoms with van der Waals surface area (Å²) < 4.78 is 18.7. The lowest BCUT2D eigenvalue weighted by atomic mass is 10.4. The molecule has 0 bridgehead atoms. The first-order valence-corrected chi connectivity index (χ1v) is 6.50. The number of carbonyl (C=O) groups excluding carboxylic acids is 2. The van der Waals surface area contributed by atoms with Crippen molar-refractivity contribution in [2.75, 3.05) is 40.1 Å². The second kappa shape index (κ2) is 16.9. The van der Waals surface area contributed by atoms with E-state index in [-0.39, 0.29) is 25.2 Å². The summed E-state index contributed by atoms with van der Waals surface area (Å²) in [6.45, 7) is 7.27. The summed E-state index contributed by atoms with van der Waals surface area (Å²) >= 11 is 0. The number of unbranched alkanes of at least 4 members (excludes halogenated alkanes) is 1. The van der Waals surface area contributed by atoms with Crippen LogP contribution in [-0.2, 0) is 28.5 Å². The van der Waals surface area contributed by atoms with E-state index in [2.05, 4.69) is 9.47 Å². The summed E-state index contributed by atoms with van der Waals surface area (Å²) in [4.78, 5) is 21.0. The van der Waals surface area contributed by atoms with Gasteiger partial charge in [-0.1, -0.05) is 13.3 Å². The number of hydrogen-bond acceptors (Lipinski definition) is 6. The Hall–Kier alpha value is -1.14. The van der Waals surface area contributed by atoms with E-state index in [9.17, 15) is 9.59 Å². The van der Waals surface area contributed by atoms with Gasteiger partial charge in [0, 0.05) is 13.7 Å². The minimum absolute atomic E-state index is 0.0592. The van der Waals surface area contributed by atoms with Crippen LogP contribution in [0.2, 0.25) is 0 Å². The van der Waals surface area contributed by atoms with Gasteiger partial charge in [0.25, 0.3) is 0 Å². The van der Waals surface area contributed by atoms with Crippen LogP contribution in [0.25, 0.3) is 0 Å². The first-order chi connectivity index (χ1) is 9.12. The van der Waals surface area contributed by atoms with Crippen molar-refractivity contribution in [2.24, 2.45) is 0 Å². The van der Waals surface area contributed by atoms with Gasteiger partial charge in [-0.25, -0.2) is 9.59 Å². The van der Waals surface area contributed by atoms with E-state index in [1.54, 1.807) is 6.92 Å². The number of carbonyl (C=O) groups is 2. The van der Waals surface area contributed by atoms with Crippen LogP contribution >= 0.6 is 0 Å². The number of hydrogen-bond donors (Lipinski definition) is 0. The molecule has 0 aromatic rings. The van der Waals surface area contributed by atoms with Gasteiger partial charge in [-0.05, 0) is 20.3 Å². The minimum atomic E-state index is -0.292. The lowest BCUT2D eigenvalue weighted by Gasteiger charge is -2.01. The molecule has 0 aliphatic carbocycles. The third-order valence-electron chi connectivity index (χ3n) is 1.75. The summed E-state index contributed by atoms with van der Waals surface area (Å²) in [5, 5.41) is 0. The van der Waals surface area contributed by atoms with E-state index in [1.807, 2.05) is 13.8 Å². The molecule has 0 aliphatic heterocycles. The van der Waals surface area contributed by atoms with Crippen LogP contribution < -0.4 is 0 Å². The molecule has 0 aromatic carbocycles. The maximum atomic E-state index is 10.6. The second-order valence-corrected chi connectivity index (χ2v) is 3.45. The molecule has 0 aromatic heterocycles. The number of esters is 2. The summed E-state index contributed by atoms with van der Waals surface area (Å²) in [6, 6.07) is 0. The van der Waals surface area contributed by atoms with Crippen LogP contribution in [-0.4, -0.2) is 52.1 Å². The molecule has 0 unspecified atom stereocenters. The highest BCUT2D eigenvalue weighted by Crippen LogP contribution is 1.88. The van der Waals surface area contributed by atoms with Gasteiger partial charge in [0.1, 0.15) is 13.2 Å². The van der Waals surface area contributed by atoms with Crippen molar-refractivity contribution in [2.45, 2.75) is 33.6 Å². The Morgan fingerprint density at radius 3 is 2.00 bits per heavy atom. The quantitative estimate of drug-likeness (QED) is 0.471. The topological polar surface area (TPSA) is 71.1 Å². The van der Waals surface area contributed by atoms with Crippen LogP contribution in [0, 0.1) is 0 Å². The zero-order valence-corrected chi connectivity index (χ0v) is 12.4. The minimum Gasteiger partial charge on any atom is -0.464 e. The highest BCUT2D eigenvalue weighted by atomic mass is 16.6. The Balaban J connectivity index is 0. The monoisotopic (exact) mass is 278 g/mol. The van der Waals surface area contributed by atoms with Crippen LogP contribution in [0.1, 0.15) is 33.6 Å². The highest BCUT2D eigenvalue weighted by molar-refractivity contribution is 5.70. The fourth-order valence-corrected chi connectivity index (χ4v) is 0.878. The summed E-state index contributed by atoms with van der Waals surface area (Å²) in [5.74, 6) is -0.574. The van der Waals surface area contributed by atoms with Crippen molar-refractivity contribution in [3.05, 3.63) is 0 Å². The molecule has 0 atom stereocenters. The Labute approximate surface area is 115 Å². The first kappa shape index (κ1) is 20.2. The van der Waals surface area contributed by atoms with Gasteiger partial charge in [0.15, 0.2) is 0 Å². The van der Waals surface area contributed by atoms with E-state index >= 15 is 0 Å². The Kier molecular flexibility index (Phi) is 17.9. The molecule has 0 fully saturated rings. The molecule has 6 nitrogen and oxygen atoms in total. The number of ether oxygens (including phenoxy) is 4. The van der Waals surface area contributed by atoms with Crippen LogP contribution in [0.4, 0.5) is 0 Å². The van der Waals surface area contributed by atoms with Crippen molar-refractivity contribution >= 4 is 11.9 Å². The molecule has 0 rings (SSSR count). The standard InChI is InChI=1S/C7H14O3.C6H12O3/c1-3-4-5-10-7(8)6-9-2;1-3-8-5-6(7)9-4-2/h3-6H2,1-2H3;3-5H2,1-2H3. The van der Waals surface area contributed by atoms with E-state index < -0.39 is 0 Å². The van der Waals surface area contributed by atoms with E-state index in [4.69, 9.17) is 9.47 Å². The molecule has 0 saturated carbocycles. The predicted octanol–water partition coefficient (Wildman–Crippen LogP) is 1.56. The zero-order valence-electron chi connectivity index (χ0n) is 12.4. The fourth-order valence-electron chi connectivity index (χ4n) is 0.878. The highest BCUT2D eigenvalue weighted by Gasteiger charge is 1.98. The molecule has 0 amide bonds. The van der Waals surface area contributed by atoms with E-state index in [0.29, 0.717) is 19.8 Å². The Bertz CT molecular complexity index is 217. The van der Waals surface area contributed by atoms with Crippen LogP contribution in [0.15, 0.2) is 0 Å². The molecule has 6 heteroatoms. The first-order valence-electron chi connectivity index (χ1n) is 6.50. The molecule has 0 heterocycles. The molecular formula is C13H26O6. The Morgan fingerprint density at radius 1 is 0.895 bits per heavy atom. The predicted molar refractivity (Wildman–Crippen MR) is 70.9 cm³/mol. The smallest absolute Gasteiger partial charge is 0.332 e. The van der Waals surface area contributed by atoms with Gasteiger partial charge < -0.3 is 18.9 Å². The largest absolute Gasteiger partial charge is 0.464 e. The van der Waals surface area contributed by atoms with Crippen molar-refractivity contribution in [1.82, 2.24) is 0 Å².